The molecule has 0 spiro atoms. The van der Waals surface area contributed by atoms with Gasteiger partial charge in [-0.05, 0) is 17.3 Å². The van der Waals surface area contributed by atoms with Crippen molar-refractivity contribution in [3.63, 3.8) is 0 Å². The highest BCUT2D eigenvalue weighted by Crippen LogP contribution is 2.13. The Morgan fingerprint density at radius 2 is 1.59 bits per heavy atom. The highest BCUT2D eigenvalue weighted by Gasteiger charge is 2.35. The fourth-order valence-electron chi connectivity index (χ4n) is 2.80. The molecular formula is C21H36N4O7. The summed E-state index contributed by atoms with van der Waals surface area (Å²) in [6.07, 6.45) is -0.618. The summed E-state index contributed by atoms with van der Waals surface area (Å²) in [5.74, 6) is -3.55. The molecule has 1 aliphatic rings. The molecule has 3 unspecified atom stereocenters. The molecule has 0 saturated carbocycles. The van der Waals surface area contributed by atoms with Gasteiger partial charge in [-0.25, -0.2) is 10.3 Å². The van der Waals surface area contributed by atoms with Gasteiger partial charge in [0.05, 0.1) is 19.3 Å². The molecule has 0 bridgehead atoms. The smallest absolute Gasteiger partial charge is 0.407 e. The van der Waals surface area contributed by atoms with Crippen LogP contribution in [0.25, 0.3) is 0 Å². The van der Waals surface area contributed by atoms with Crippen molar-refractivity contribution in [1.29, 1.82) is 0 Å². The number of alkyl carbamates (subject to hydrolysis) is 1. The maximum Gasteiger partial charge on any atom is 0.407 e. The van der Waals surface area contributed by atoms with Crippen molar-refractivity contribution >= 4 is 29.6 Å². The molecule has 1 saturated heterocycles. The monoisotopic (exact) mass is 456 g/mol. The Labute approximate surface area is 188 Å². The SMILES string of the molecule is CC(C)C(NC(=O)OCC(C)(C)C)C(=O)NC(C(=O)NC1CCONC(=O)C1=O)C(C)C. The molecule has 0 aromatic heterocycles. The average molecular weight is 457 g/mol. The number of Topliss-reactive ketones (excluding diaryl/α,β-unsaturated/α-hetero) is 1. The first-order valence-electron chi connectivity index (χ1n) is 10.7. The van der Waals surface area contributed by atoms with E-state index >= 15 is 0 Å². The zero-order valence-electron chi connectivity index (χ0n) is 19.9. The second-order valence-electron chi connectivity index (χ2n) is 9.73. The highest BCUT2D eigenvalue weighted by atomic mass is 16.7. The van der Waals surface area contributed by atoms with E-state index in [0.717, 1.165) is 0 Å². The molecule has 0 aromatic carbocycles. The molecule has 1 aliphatic heterocycles. The van der Waals surface area contributed by atoms with Gasteiger partial charge in [-0.3, -0.25) is 24.0 Å². The highest BCUT2D eigenvalue weighted by molar-refractivity contribution is 6.38. The number of nitrogens with one attached hydrogen (secondary N) is 4. The zero-order valence-corrected chi connectivity index (χ0v) is 19.9. The Bertz CT molecular complexity index is 715. The molecule has 11 nitrogen and oxygen atoms in total. The van der Waals surface area contributed by atoms with Gasteiger partial charge in [0.1, 0.15) is 12.1 Å². The van der Waals surface area contributed by atoms with Crippen molar-refractivity contribution in [3.8, 4) is 0 Å². The number of carbonyl (C=O) groups excluding carboxylic acids is 5. The van der Waals surface area contributed by atoms with Gasteiger partial charge < -0.3 is 20.7 Å². The Kier molecular flexibility index (Phi) is 10.1. The summed E-state index contributed by atoms with van der Waals surface area (Å²) in [5, 5.41) is 7.70. The van der Waals surface area contributed by atoms with E-state index in [1.54, 1.807) is 27.7 Å². The summed E-state index contributed by atoms with van der Waals surface area (Å²) in [6, 6.07) is -2.99. The van der Waals surface area contributed by atoms with Crippen molar-refractivity contribution in [2.75, 3.05) is 13.2 Å². The van der Waals surface area contributed by atoms with Crippen molar-refractivity contribution in [2.24, 2.45) is 17.3 Å². The van der Waals surface area contributed by atoms with Gasteiger partial charge in [0.25, 0.3) is 0 Å². The number of hydroxylamine groups is 1. The van der Waals surface area contributed by atoms with Crippen LogP contribution in [-0.4, -0.2) is 60.9 Å². The Balaban J connectivity index is 2.83. The lowest BCUT2D eigenvalue weighted by Crippen LogP contribution is -2.58. The number of hydrogen-bond donors (Lipinski definition) is 4. The third-order valence-electron chi connectivity index (χ3n) is 4.64. The van der Waals surface area contributed by atoms with Crippen molar-refractivity contribution < 1.29 is 33.5 Å². The number of rotatable bonds is 8. The molecule has 0 aromatic rings. The molecule has 182 valence electrons. The Hall–Kier alpha value is -2.69. The van der Waals surface area contributed by atoms with Crippen LogP contribution in [0.4, 0.5) is 4.79 Å². The number of ether oxygens (including phenoxy) is 1. The fourth-order valence-corrected chi connectivity index (χ4v) is 2.80. The molecular weight excluding hydrogens is 420 g/mol. The van der Waals surface area contributed by atoms with Crippen LogP contribution in [0.3, 0.4) is 0 Å². The van der Waals surface area contributed by atoms with Crippen LogP contribution in [0.15, 0.2) is 0 Å². The third kappa shape index (κ3) is 8.81. The fraction of sp³-hybridized carbons (Fsp3) is 0.762. The molecule has 3 atom stereocenters. The van der Waals surface area contributed by atoms with E-state index in [2.05, 4.69) is 16.0 Å². The minimum absolute atomic E-state index is 0.0527. The van der Waals surface area contributed by atoms with E-state index in [9.17, 15) is 24.0 Å². The lowest BCUT2D eigenvalue weighted by atomic mass is 9.98. The standard InChI is InChI=1S/C21H36N4O7/c1-11(2)14(17(27)22-13-8-9-32-25-19(29)16(13)26)23-18(28)15(12(3)4)24-20(30)31-10-21(5,6)7/h11-15H,8-10H2,1-7H3,(H,22,27)(H,23,28)(H,24,30)(H,25,29). The average Bonchev–Trinajstić information content (AvgIpc) is 2.83. The maximum absolute atomic E-state index is 12.9. The normalized spacial score (nSPS) is 19.0. The molecule has 0 radical (unpaired) electrons. The van der Waals surface area contributed by atoms with Crippen molar-refractivity contribution in [2.45, 2.75) is 73.0 Å². The van der Waals surface area contributed by atoms with Gasteiger partial charge in [0.2, 0.25) is 17.6 Å². The summed E-state index contributed by atoms with van der Waals surface area (Å²) in [5.41, 5.74) is 1.75. The zero-order chi connectivity index (χ0) is 24.6. The Morgan fingerprint density at radius 3 is 2.12 bits per heavy atom. The summed E-state index contributed by atoms with van der Waals surface area (Å²) in [4.78, 5) is 66.4. The van der Waals surface area contributed by atoms with E-state index in [-0.39, 0.29) is 36.9 Å². The first-order chi connectivity index (χ1) is 14.7. The minimum Gasteiger partial charge on any atom is -0.449 e. The third-order valence-corrected chi connectivity index (χ3v) is 4.64. The van der Waals surface area contributed by atoms with Gasteiger partial charge in [0, 0.05) is 6.42 Å². The number of amides is 4. The molecule has 11 heteroatoms. The van der Waals surface area contributed by atoms with Gasteiger partial charge in [0.15, 0.2) is 0 Å². The lowest BCUT2D eigenvalue weighted by molar-refractivity contribution is -0.144. The van der Waals surface area contributed by atoms with Crippen LogP contribution in [-0.2, 0) is 28.8 Å². The Morgan fingerprint density at radius 1 is 1.03 bits per heavy atom. The predicted octanol–water partition coefficient (Wildman–Crippen LogP) is 0.430. The predicted molar refractivity (Wildman–Crippen MR) is 115 cm³/mol. The van der Waals surface area contributed by atoms with Gasteiger partial charge in [-0.1, -0.05) is 48.5 Å². The van der Waals surface area contributed by atoms with Crippen LogP contribution in [0.5, 0.6) is 0 Å². The topological polar surface area (TPSA) is 152 Å². The van der Waals surface area contributed by atoms with Crippen LogP contribution in [0.2, 0.25) is 0 Å². The van der Waals surface area contributed by atoms with Crippen LogP contribution >= 0.6 is 0 Å². The van der Waals surface area contributed by atoms with Crippen molar-refractivity contribution in [1.82, 2.24) is 21.4 Å². The van der Waals surface area contributed by atoms with Crippen molar-refractivity contribution in [3.05, 3.63) is 0 Å². The molecule has 4 amide bonds. The van der Waals surface area contributed by atoms with E-state index in [1.165, 1.54) is 0 Å². The quantitative estimate of drug-likeness (QED) is 0.387. The first kappa shape index (κ1) is 27.3. The van der Waals surface area contributed by atoms with Gasteiger partial charge >= 0.3 is 12.0 Å². The number of ketones is 1. The van der Waals surface area contributed by atoms with E-state index in [0.29, 0.717) is 0 Å². The molecule has 32 heavy (non-hydrogen) atoms. The van der Waals surface area contributed by atoms with Crippen LogP contribution in [0.1, 0.15) is 54.9 Å². The largest absolute Gasteiger partial charge is 0.449 e. The van der Waals surface area contributed by atoms with E-state index in [1.807, 2.05) is 26.3 Å². The van der Waals surface area contributed by atoms with E-state index < -0.39 is 47.7 Å². The molecule has 0 aliphatic carbocycles. The number of hydrogen-bond acceptors (Lipinski definition) is 7. The maximum atomic E-state index is 12.9. The van der Waals surface area contributed by atoms with Gasteiger partial charge in [-0.2, -0.15) is 0 Å². The molecule has 4 N–H and O–H groups in total. The number of carbonyl (C=O) groups is 5. The second kappa shape index (κ2) is 11.8. The van der Waals surface area contributed by atoms with E-state index in [4.69, 9.17) is 9.57 Å². The van der Waals surface area contributed by atoms with Crippen LogP contribution in [0, 0.1) is 17.3 Å². The summed E-state index contributed by atoms with van der Waals surface area (Å²) < 4.78 is 5.17. The molecule has 1 fully saturated rings. The minimum atomic E-state index is -1.06. The summed E-state index contributed by atoms with van der Waals surface area (Å²) in [6.45, 7) is 12.9. The van der Waals surface area contributed by atoms with Gasteiger partial charge in [-0.15, -0.1) is 0 Å². The molecule has 1 heterocycles. The lowest BCUT2D eigenvalue weighted by Gasteiger charge is -2.28. The molecule has 1 rings (SSSR count). The van der Waals surface area contributed by atoms with Crippen LogP contribution < -0.4 is 21.4 Å². The first-order valence-corrected chi connectivity index (χ1v) is 10.7. The summed E-state index contributed by atoms with van der Waals surface area (Å²) in [7, 11) is 0. The summed E-state index contributed by atoms with van der Waals surface area (Å²) >= 11 is 0. The second-order valence-corrected chi connectivity index (χ2v) is 9.73.